The van der Waals surface area contributed by atoms with Crippen LogP contribution in [0.2, 0.25) is 0 Å². The van der Waals surface area contributed by atoms with Gasteiger partial charge in [0.2, 0.25) is 5.91 Å². The quantitative estimate of drug-likeness (QED) is 0.720. The summed E-state index contributed by atoms with van der Waals surface area (Å²) in [6.45, 7) is 8.15. The van der Waals surface area contributed by atoms with Gasteiger partial charge in [-0.3, -0.25) is 9.69 Å². The first-order valence-electron chi connectivity index (χ1n) is 6.21. The Morgan fingerprint density at radius 1 is 1.33 bits per heavy atom. The van der Waals surface area contributed by atoms with Crippen LogP contribution in [0, 0.1) is 0 Å². The highest BCUT2D eigenvalue weighted by Gasteiger charge is 2.39. The minimum Gasteiger partial charge on any atom is -0.442 e. The Labute approximate surface area is 107 Å². The van der Waals surface area contributed by atoms with Gasteiger partial charge < -0.3 is 14.4 Å². The molecule has 2 saturated heterocycles. The van der Waals surface area contributed by atoms with Crippen LogP contribution in [0.5, 0.6) is 0 Å². The number of carbonyl (C=O) groups is 2. The molecule has 102 valence electrons. The Kier molecular flexibility index (Phi) is 3.47. The topological polar surface area (TPSA) is 59.1 Å². The fourth-order valence-electron chi connectivity index (χ4n) is 2.15. The second-order valence-electron chi connectivity index (χ2n) is 5.68. The lowest BCUT2D eigenvalue weighted by Gasteiger charge is -2.30. The molecule has 1 atom stereocenters. The van der Waals surface area contributed by atoms with E-state index in [0.29, 0.717) is 26.2 Å². The third-order valence-corrected chi connectivity index (χ3v) is 3.19. The molecule has 0 aromatic carbocycles. The fraction of sp³-hybridized carbons (Fsp3) is 0.833. The zero-order valence-electron chi connectivity index (χ0n) is 11.1. The van der Waals surface area contributed by atoms with Crippen LogP contribution in [0.15, 0.2) is 0 Å². The molecule has 0 bridgehead atoms. The van der Waals surface area contributed by atoms with Crippen molar-refractivity contribution in [3.8, 4) is 0 Å². The zero-order valence-corrected chi connectivity index (χ0v) is 11.1. The largest absolute Gasteiger partial charge is 0.442 e. The van der Waals surface area contributed by atoms with E-state index in [1.165, 1.54) is 0 Å². The van der Waals surface area contributed by atoms with Crippen LogP contribution < -0.4 is 0 Å². The predicted molar refractivity (Wildman–Crippen MR) is 64.1 cm³/mol. The Bertz CT molecular complexity index is 350. The van der Waals surface area contributed by atoms with Gasteiger partial charge >= 0.3 is 6.09 Å². The first-order chi connectivity index (χ1) is 8.38. The number of rotatable bonds is 2. The van der Waals surface area contributed by atoms with Gasteiger partial charge in [0.15, 0.2) is 0 Å². The normalized spacial score (nSPS) is 25.6. The van der Waals surface area contributed by atoms with Gasteiger partial charge in [-0.1, -0.05) is 0 Å². The van der Waals surface area contributed by atoms with Gasteiger partial charge in [0.05, 0.1) is 19.7 Å². The van der Waals surface area contributed by atoms with Crippen molar-refractivity contribution in [2.45, 2.75) is 32.4 Å². The number of nitrogens with zero attached hydrogens (tertiary/aromatic N) is 2. The number of hydrogen-bond donors (Lipinski definition) is 0. The van der Waals surface area contributed by atoms with Crippen molar-refractivity contribution >= 4 is 12.0 Å². The first kappa shape index (κ1) is 13.1. The number of carbonyl (C=O) groups excluding carboxylic acids is 2. The minimum absolute atomic E-state index is 0.0356. The summed E-state index contributed by atoms with van der Waals surface area (Å²) < 4.78 is 10.4. The molecule has 0 radical (unpaired) electrons. The molecule has 0 aromatic rings. The average Bonchev–Trinajstić information content (AvgIpc) is 2.63. The standard InChI is InChI=1S/C12H20N2O4/c1-12(2,3)14-7-9(18-11(14)16)6-13-4-5-17-8-10(13)15/h9H,4-8H2,1-3H3. The van der Waals surface area contributed by atoms with Crippen molar-refractivity contribution in [2.24, 2.45) is 0 Å². The molecule has 2 aliphatic rings. The van der Waals surface area contributed by atoms with Gasteiger partial charge in [0.25, 0.3) is 0 Å². The highest BCUT2D eigenvalue weighted by atomic mass is 16.6. The lowest BCUT2D eigenvalue weighted by atomic mass is 10.1. The Morgan fingerprint density at radius 2 is 2.06 bits per heavy atom. The summed E-state index contributed by atoms with van der Waals surface area (Å²) in [5, 5.41) is 0. The van der Waals surface area contributed by atoms with E-state index in [-0.39, 0.29) is 30.3 Å². The van der Waals surface area contributed by atoms with Crippen LogP contribution in [-0.2, 0) is 14.3 Å². The highest BCUT2D eigenvalue weighted by Crippen LogP contribution is 2.22. The van der Waals surface area contributed by atoms with Crippen LogP contribution in [0.25, 0.3) is 0 Å². The first-order valence-corrected chi connectivity index (χ1v) is 6.21. The molecular weight excluding hydrogens is 236 g/mol. The summed E-state index contributed by atoms with van der Waals surface area (Å²) in [6, 6.07) is 0. The third kappa shape index (κ3) is 2.75. The number of morpholine rings is 1. The smallest absolute Gasteiger partial charge is 0.410 e. The molecule has 18 heavy (non-hydrogen) atoms. The summed E-state index contributed by atoms with van der Waals surface area (Å²) in [4.78, 5) is 26.7. The summed E-state index contributed by atoms with van der Waals surface area (Å²) in [5.74, 6) is -0.0356. The Hall–Kier alpha value is -1.30. The minimum atomic E-state index is -0.298. The average molecular weight is 256 g/mol. The molecule has 0 saturated carbocycles. The maximum Gasteiger partial charge on any atom is 0.410 e. The number of hydrogen-bond acceptors (Lipinski definition) is 4. The molecular formula is C12H20N2O4. The number of cyclic esters (lactones) is 1. The lowest BCUT2D eigenvalue weighted by molar-refractivity contribution is -0.144. The van der Waals surface area contributed by atoms with Crippen LogP contribution in [0.3, 0.4) is 0 Å². The van der Waals surface area contributed by atoms with Crippen molar-refractivity contribution < 1.29 is 19.1 Å². The van der Waals surface area contributed by atoms with Gasteiger partial charge in [-0.25, -0.2) is 4.79 Å². The lowest BCUT2D eigenvalue weighted by Crippen LogP contribution is -2.47. The molecule has 2 fully saturated rings. The molecule has 6 heteroatoms. The van der Waals surface area contributed by atoms with Crippen LogP contribution in [0.1, 0.15) is 20.8 Å². The molecule has 0 spiro atoms. The summed E-state index contributed by atoms with van der Waals surface area (Å²) >= 11 is 0. The van der Waals surface area contributed by atoms with E-state index in [0.717, 1.165) is 0 Å². The Morgan fingerprint density at radius 3 is 2.61 bits per heavy atom. The van der Waals surface area contributed by atoms with E-state index < -0.39 is 0 Å². The van der Waals surface area contributed by atoms with E-state index >= 15 is 0 Å². The van der Waals surface area contributed by atoms with E-state index in [9.17, 15) is 9.59 Å². The van der Waals surface area contributed by atoms with Crippen molar-refractivity contribution in [1.82, 2.24) is 9.80 Å². The molecule has 2 aliphatic heterocycles. The molecule has 2 amide bonds. The van der Waals surface area contributed by atoms with Crippen molar-refractivity contribution in [2.75, 3.05) is 32.8 Å². The maximum absolute atomic E-state index is 11.7. The van der Waals surface area contributed by atoms with E-state index in [1.54, 1.807) is 9.80 Å². The molecule has 1 unspecified atom stereocenters. The summed E-state index contributed by atoms with van der Waals surface area (Å²) in [6.07, 6.45) is -0.535. The van der Waals surface area contributed by atoms with Gasteiger partial charge in [-0.2, -0.15) is 0 Å². The molecule has 2 heterocycles. The maximum atomic E-state index is 11.7. The van der Waals surface area contributed by atoms with Crippen LogP contribution >= 0.6 is 0 Å². The summed E-state index contributed by atoms with van der Waals surface area (Å²) in [7, 11) is 0. The zero-order chi connectivity index (χ0) is 13.3. The van der Waals surface area contributed by atoms with E-state index in [2.05, 4.69) is 0 Å². The van der Waals surface area contributed by atoms with Gasteiger partial charge in [0.1, 0.15) is 12.7 Å². The SMILES string of the molecule is CC(C)(C)N1CC(CN2CCOCC2=O)OC1=O. The third-order valence-electron chi connectivity index (χ3n) is 3.19. The van der Waals surface area contributed by atoms with Crippen molar-refractivity contribution in [3.63, 3.8) is 0 Å². The Balaban J connectivity index is 1.92. The van der Waals surface area contributed by atoms with Crippen LogP contribution in [0.4, 0.5) is 4.79 Å². The molecule has 0 aromatic heterocycles. The second-order valence-corrected chi connectivity index (χ2v) is 5.68. The number of ether oxygens (including phenoxy) is 2. The monoisotopic (exact) mass is 256 g/mol. The van der Waals surface area contributed by atoms with Crippen LogP contribution in [-0.4, -0.2) is 66.3 Å². The number of amides is 2. The van der Waals surface area contributed by atoms with Gasteiger partial charge in [-0.05, 0) is 20.8 Å². The van der Waals surface area contributed by atoms with Gasteiger partial charge in [-0.15, -0.1) is 0 Å². The molecule has 6 nitrogen and oxygen atoms in total. The van der Waals surface area contributed by atoms with Crippen molar-refractivity contribution in [3.05, 3.63) is 0 Å². The van der Waals surface area contributed by atoms with E-state index in [1.807, 2.05) is 20.8 Å². The predicted octanol–water partition coefficient (Wildman–Crippen LogP) is 0.465. The second kappa shape index (κ2) is 4.76. The summed E-state index contributed by atoms with van der Waals surface area (Å²) in [5.41, 5.74) is -0.249. The van der Waals surface area contributed by atoms with Gasteiger partial charge in [0, 0.05) is 12.1 Å². The highest BCUT2D eigenvalue weighted by molar-refractivity contribution is 5.78. The molecule has 0 N–H and O–H groups in total. The van der Waals surface area contributed by atoms with Crippen molar-refractivity contribution in [1.29, 1.82) is 0 Å². The fourth-order valence-corrected chi connectivity index (χ4v) is 2.15. The van der Waals surface area contributed by atoms with E-state index in [4.69, 9.17) is 9.47 Å². The molecule has 2 rings (SSSR count). The molecule has 0 aliphatic carbocycles.